The van der Waals surface area contributed by atoms with E-state index in [0.29, 0.717) is 37.4 Å². The van der Waals surface area contributed by atoms with Crippen LogP contribution in [-0.4, -0.2) is 46.7 Å². The van der Waals surface area contributed by atoms with E-state index in [1.54, 1.807) is 12.1 Å². The molecule has 1 saturated heterocycles. The smallest absolute Gasteiger partial charge is 0.276 e. The number of nitrogens with one attached hydrogen (secondary N) is 1. The number of hydrogen-bond donors (Lipinski definition) is 1. The Balaban J connectivity index is 1.68. The van der Waals surface area contributed by atoms with Crippen molar-refractivity contribution in [3.63, 3.8) is 0 Å². The molecule has 0 unspecified atom stereocenters. The van der Waals surface area contributed by atoms with Gasteiger partial charge in [0.05, 0.1) is 11.4 Å². The van der Waals surface area contributed by atoms with Crippen molar-refractivity contribution in [2.45, 2.75) is 3.79 Å². The molecule has 0 atom stereocenters. The Morgan fingerprint density at radius 3 is 2.07 bits per heavy atom. The van der Waals surface area contributed by atoms with Gasteiger partial charge in [-0.2, -0.15) is 0 Å². The Labute approximate surface area is 172 Å². The van der Waals surface area contributed by atoms with E-state index in [-0.39, 0.29) is 5.91 Å². The monoisotopic (exact) mass is 425 g/mol. The van der Waals surface area contributed by atoms with Gasteiger partial charge in [0.25, 0.3) is 15.6 Å². The third-order valence-electron chi connectivity index (χ3n) is 4.34. The summed E-state index contributed by atoms with van der Waals surface area (Å²) in [7, 11) is 0. The van der Waals surface area contributed by atoms with Crippen molar-refractivity contribution in [3.8, 4) is 0 Å². The molecular formula is C19H18Cl3N3O2. The standard InChI is InChI=1S/C19H18Cl3N3O2/c20-19(21,22)18(27)23-15-8-4-5-9-16(15)24-10-12-25(13-11-24)17(26)14-6-2-1-3-7-14/h1-9H,10-13H2,(H,23,27). The lowest BCUT2D eigenvalue weighted by molar-refractivity contribution is -0.115. The molecule has 142 valence electrons. The number of anilines is 2. The number of hydrogen-bond acceptors (Lipinski definition) is 3. The number of nitrogens with zero attached hydrogens (tertiary/aromatic N) is 2. The summed E-state index contributed by atoms with van der Waals surface area (Å²) in [6.07, 6.45) is 0. The van der Waals surface area contributed by atoms with Gasteiger partial charge in [0.2, 0.25) is 0 Å². The molecule has 27 heavy (non-hydrogen) atoms. The summed E-state index contributed by atoms with van der Waals surface area (Å²) in [6, 6.07) is 16.5. The molecule has 1 N–H and O–H groups in total. The predicted molar refractivity (Wildman–Crippen MR) is 110 cm³/mol. The van der Waals surface area contributed by atoms with Crippen molar-refractivity contribution in [2.24, 2.45) is 0 Å². The van der Waals surface area contributed by atoms with E-state index >= 15 is 0 Å². The van der Waals surface area contributed by atoms with Gasteiger partial charge in [0.15, 0.2) is 0 Å². The zero-order valence-corrected chi connectivity index (χ0v) is 16.6. The zero-order chi connectivity index (χ0) is 19.4. The number of amides is 2. The second-order valence-electron chi connectivity index (χ2n) is 6.11. The highest BCUT2D eigenvalue weighted by Crippen LogP contribution is 2.31. The van der Waals surface area contributed by atoms with Crippen molar-refractivity contribution in [1.82, 2.24) is 4.90 Å². The molecular weight excluding hydrogens is 409 g/mol. The lowest BCUT2D eigenvalue weighted by Gasteiger charge is -2.37. The second-order valence-corrected chi connectivity index (χ2v) is 8.40. The van der Waals surface area contributed by atoms with E-state index in [4.69, 9.17) is 34.8 Å². The molecule has 3 rings (SSSR count). The number of para-hydroxylation sites is 2. The minimum Gasteiger partial charge on any atom is -0.366 e. The fourth-order valence-corrected chi connectivity index (χ4v) is 3.10. The number of benzene rings is 2. The van der Waals surface area contributed by atoms with Gasteiger partial charge in [0.1, 0.15) is 0 Å². The summed E-state index contributed by atoms with van der Waals surface area (Å²) < 4.78 is -2.03. The maximum Gasteiger partial charge on any atom is 0.276 e. The van der Waals surface area contributed by atoms with Crippen LogP contribution < -0.4 is 10.2 Å². The highest BCUT2D eigenvalue weighted by atomic mass is 35.6. The molecule has 8 heteroatoms. The Hall–Kier alpha value is -1.95. The molecule has 0 bridgehead atoms. The van der Waals surface area contributed by atoms with E-state index in [0.717, 1.165) is 5.69 Å². The molecule has 2 aromatic carbocycles. The summed E-state index contributed by atoms with van der Waals surface area (Å²) in [5, 5.41) is 2.65. The molecule has 1 aliphatic heterocycles. The number of halogens is 3. The third-order valence-corrected chi connectivity index (χ3v) is 4.85. The number of carbonyl (C=O) groups is 2. The van der Waals surface area contributed by atoms with Crippen LogP contribution in [0.25, 0.3) is 0 Å². The number of piperazine rings is 1. The highest BCUT2D eigenvalue weighted by molar-refractivity contribution is 6.76. The molecule has 5 nitrogen and oxygen atoms in total. The van der Waals surface area contributed by atoms with Crippen molar-refractivity contribution in [2.75, 3.05) is 36.4 Å². The molecule has 1 aliphatic rings. The summed E-state index contributed by atoms with van der Waals surface area (Å²) in [5.41, 5.74) is 2.07. The van der Waals surface area contributed by atoms with Crippen LogP contribution in [0, 0.1) is 0 Å². The van der Waals surface area contributed by atoms with Crippen molar-refractivity contribution >= 4 is 58.0 Å². The second kappa shape index (κ2) is 8.38. The minimum absolute atomic E-state index is 0.0213. The fourth-order valence-electron chi connectivity index (χ4n) is 2.96. The van der Waals surface area contributed by atoms with Crippen LogP contribution in [0.3, 0.4) is 0 Å². The molecule has 0 spiro atoms. The number of carbonyl (C=O) groups excluding carboxylic acids is 2. The SMILES string of the molecule is O=C(c1ccccc1)N1CCN(c2ccccc2NC(=O)C(Cl)(Cl)Cl)CC1. The average molecular weight is 427 g/mol. The van der Waals surface area contributed by atoms with Crippen molar-refractivity contribution in [3.05, 3.63) is 60.2 Å². The summed E-state index contributed by atoms with van der Waals surface area (Å²) in [4.78, 5) is 28.5. The molecule has 0 aromatic heterocycles. The summed E-state index contributed by atoms with van der Waals surface area (Å²) in [5.74, 6) is -0.689. The first-order chi connectivity index (χ1) is 12.9. The van der Waals surface area contributed by atoms with E-state index < -0.39 is 9.70 Å². The van der Waals surface area contributed by atoms with E-state index in [9.17, 15) is 9.59 Å². The van der Waals surface area contributed by atoms with Crippen LogP contribution in [0.15, 0.2) is 54.6 Å². The van der Waals surface area contributed by atoms with Gasteiger partial charge in [-0.1, -0.05) is 65.1 Å². The van der Waals surface area contributed by atoms with Crippen LogP contribution in [0.5, 0.6) is 0 Å². The predicted octanol–water partition coefficient (Wildman–Crippen LogP) is 3.96. The number of alkyl halides is 3. The average Bonchev–Trinajstić information content (AvgIpc) is 2.68. The Morgan fingerprint density at radius 1 is 0.852 bits per heavy atom. The lowest BCUT2D eigenvalue weighted by Crippen LogP contribution is -2.49. The molecule has 1 fully saturated rings. The molecule has 2 amide bonds. The molecule has 0 saturated carbocycles. The maximum atomic E-state index is 12.6. The van der Waals surface area contributed by atoms with Crippen LogP contribution in [0.1, 0.15) is 10.4 Å². The quantitative estimate of drug-likeness (QED) is 0.756. The van der Waals surface area contributed by atoms with E-state index in [1.165, 1.54) is 0 Å². The first-order valence-corrected chi connectivity index (χ1v) is 9.56. The van der Waals surface area contributed by atoms with Gasteiger partial charge in [-0.05, 0) is 24.3 Å². The normalized spacial score (nSPS) is 14.8. The summed E-state index contributed by atoms with van der Waals surface area (Å²) in [6.45, 7) is 2.44. The molecule has 0 aliphatic carbocycles. The van der Waals surface area contributed by atoms with E-state index in [1.807, 2.05) is 47.4 Å². The first kappa shape index (κ1) is 19.8. The first-order valence-electron chi connectivity index (χ1n) is 8.43. The van der Waals surface area contributed by atoms with Crippen LogP contribution in [-0.2, 0) is 4.79 Å². The zero-order valence-electron chi connectivity index (χ0n) is 14.4. The maximum absolute atomic E-state index is 12.6. The highest BCUT2D eigenvalue weighted by Gasteiger charge is 2.31. The van der Waals surface area contributed by atoms with Gasteiger partial charge in [-0.25, -0.2) is 0 Å². The van der Waals surface area contributed by atoms with Crippen molar-refractivity contribution < 1.29 is 9.59 Å². The lowest BCUT2D eigenvalue weighted by atomic mass is 10.1. The van der Waals surface area contributed by atoms with Crippen LogP contribution in [0.2, 0.25) is 0 Å². The largest absolute Gasteiger partial charge is 0.366 e. The van der Waals surface area contributed by atoms with Crippen LogP contribution in [0.4, 0.5) is 11.4 Å². The number of rotatable bonds is 3. The van der Waals surface area contributed by atoms with Gasteiger partial charge < -0.3 is 15.1 Å². The topological polar surface area (TPSA) is 52.7 Å². The van der Waals surface area contributed by atoms with Crippen LogP contribution >= 0.6 is 34.8 Å². The van der Waals surface area contributed by atoms with Gasteiger partial charge in [-0.15, -0.1) is 0 Å². The molecule has 0 radical (unpaired) electrons. The third kappa shape index (κ3) is 4.86. The van der Waals surface area contributed by atoms with Gasteiger partial charge >= 0.3 is 0 Å². The molecule has 1 heterocycles. The van der Waals surface area contributed by atoms with E-state index in [2.05, 4.69) is 10.2 Å². The van der Waals surface area contributed by atoms with Gasteiger partial charge in [-0.3, -0.25) is 9.59 Å². The van der Waals surface area contributed by atoms with Gasteiger partial charge in [0, 0.05) is 31.7 Å². The minimum atomic E-state index is -2.03. The Bertz CT molecular complexity index is 816. The fraction of sp³-hybridized carbons (Fsp3) is 0.263. The Morgan fingerprint density at radius 2 is 1.44 bits per heavy atom. The summed E-state index contributed by atoms with van der Waals surface area (Å²) >= 11 is 16.9. The van der Waals surface area contributed by atoms with Crippen molar-refractivity contribution in [1.29, 1.82) is 0 Å². The molecule has 2 aromatic rings. The Kier molecular flexibility index (Phi) is 6.15.